The lowest BCUT2D eigenvalue weighted by atomic mass is 9.87. The maximum absolute atomic E-state index is 12.3. The fraction of sp³-hybridized carbons (Fsp3) is 0.500. The number of Topliss-reactive ketones (excluding diaryl/α,β-unsaturated/α-hetero) is 1. The monoisotopic (exact) mass is 306 g/mol. The van der Waals surface area contributed by atoms with Gasteiger partial charge in [-0.2, -0.15) is 0 Å². The highest BCUT2D eigenvalue weighted by atomic mass is 32.2. The van der Waals surface area contributed by atoms with Gasteiger partial charge in [-0.15, -0.1) is 11.8 Å². The first-order chi connectivity index (χ1) is 9.88. The van der Waals surface area contributed by atoms with Gasteiger partial charge in [0.2, 0.25) is 0 Å². The predicted molar refractivity (Wildman–Crippen MR) is 90.8 cm³/mol. The van der Waals surface area contributed by atoms with E-state index in [0.717, 1.165) is 0 Å². The molecule has 1 aromatic rings. The zero-order valence-electron chi connectivity index (χ0n) is 13.6. The van der Waals surface area contributed by atoms with Crippen LogP contribution in [-0.2, 0) is 9.53 Å². The molecule has 3 heteroatoms. The molecule has 0 aromatic heterocycles. The summed E-state index contributed by atoms with van der Waals surface area (Å²) in [5, 5.41) is 0.133. The lowest BCUT2D eigenvalue weighted by molar-refractivity contribution is -0.128. The van der Waals surface area contributed by atoms with Crippen LogP contribution < -0.4 is 0 Å². The van der Waals surface area contributed by atoms with Gasteiger partial charge in [0.25, 0.3) is 0 Å². The Morgan fingerprint density at radius 1 is 1.29 bits per heavy atom. The second kappa shape index (κ2) is 8.40. The fourth-order valence-electron chi connectivity index (χ4n) is 1.91. The largest absolute Gasteiger partial charge is 0.380 e. The van der Waals surface area contributed by atoms with E-state index in [0.29, 0.717) is 6.42 Å². The Morgan fingerprint density at radius 2 is 1.90 bits per heavy atom. The molecule has 0 heterocycles. The molecule has 0 unspecified atom stereocenters. The summed E-state index contributed by atoms with van der Waals surface area (Å²) in [6, 6.07) is 10.2. The SMILES string of the molecule is C/C=C/[C@H](Sc1ccccc1)[C@@H](CC(=O)C(C)(C)C)OC. The van der Waals surface area contributed by atoms with Crippen molar-refractivity contribution in [3.05, 3.63) is 42.5 Å². The van der Waals surface area contributed by atoms with E-state index in [1.807, 2.05) is 52.0 Å². The number of allylic oxidation sites excluding steroid dienone is 1. The van der Waals surface area contributed by atoms with E-state index in [1.54, 1.807) is 18.9 Å². The molecule has 0 spiro atoms. The number of ether oxygens (including phenoxy) is 1. The van der Waals surface area contributed by atoms with Crippen molar-refractivity contribution in [1.82, 2.24) is 0 Å². The summed E-state index contributed by atoms with van der Waals surface area (Å²) in [5.41, 5.74) is -0.325. The van der Waals surface area contributed by atoms with Gasteiger partial charge in [-0.05, 0) is 19.1 Å². The molecule has 0 bridgehead atoms. The highest BCUT2D eigenvalue weighted by Gasteiger charge is 2.28. The minimum Gasteiger partial charge on any atom is -0.380 e. The number of ketones is 1. The van der Waals surface area contributed by atoms with Crippen molar-refractivity contribution in [1.29, 1.82) is 0 Å². The van der Waals surface area contributed by atoms with Crippen LogP contribution in [0, 0.1) is 5.41 Å². The van der Waals surface area contributed by atoms with Gasteiger partial charge in [0, 0.05) is 23.8 Å². The quantitative estimate of drug-likeness (QED) is 0.537. The minimum atomic E-state index is -0.325. The molecule has 1 aromatic carbocycles. The first kappa shape index (κ1) is 18.0. The summed E-state index contributed by atoms with van der Waals surface area (Å²) >= 11 is 1.73. The average molecular weight is 306 g/mol. The molecule has 0 N–H and O–H groups in total. The van der Waals surface area contributed by atoms with Crippen molar-refractivity contribution in [2.75, 3.05) is 7.11 Å². The van der Waals surface area contributed by atoms with Crippen molar-refractivity contribution in [3.8, 4) is 0 Å². The van der Waals surface area contributed by atoms with E-state index in [-0.39, 0.29) is 22.6 Å². The number of hydrogen-bond acceptors (Lipinski definition) is 3. The molecular weight excluding hydrogens is 280 g/mol. The Hall–Kier alpha value is -1.06. The Balaban J connectivity index is 2.83. The number of methoxy groups -OCH3 is 1. The summed E-state index contributed by atoms with van der Waals surface area (Å²) in [6.07, 6.45) is 4.46. The zero-order chi connectivity index (χ0) is 15.9. The van der Waals surface area contributed by atoms with Gasteiger partial charge in [0.1, 0.15) is 5.78 Å². The fourth-order valence-corrected chi connectivity index (χ4v) is 3.13. The number of carbonyl (C=O) groups excluding carboxylic acids is 1. The predicted octanol–water partition coefficient (Wildman–Crippen LogP) is 4.74. The Labute approximate surface area is 133 Å². The van der Waals surface area contributed by atoms with E-state index in [1.165, 1.54) is 4.90 Å². The summed E-state index contributed by atoms with van der Waals surface area (Å²) < 4.78 is 5.61. The van der Waals surface area contributed by atoms with Crippen LogP contribution in [0.15, 0.2) is 47.4 Å². The van der Waals surface area contributed by atoms with Crippen LogP contribution in [0.4, 0.5) is 0 Å². The van der Waals surface area contributed by atoms with Gasteiger partial charge in [-0.3, -0.25) is 4.79 Å². The summed E-state index contributed by atoms with van der Waals surface area (Å²) in [6.45, 7) is 7.86. The molecule has 21 heavy (non-hydrogen) atoms. The second-order valence-corrected chi connectivity index (χ2v) is 7.32. The minimum absolute atomic E-state index is 0.113. The van der Waals surface area contributed by atoms with Gasteiger partial charge >= 0.3 is 0 Å². The zero-order valence-corrected chi connectivity index (χ0v) is 14.4. The van der Waals surface area contributed by atoms with Crippen LogP contribution in [0.3, 0.4) is 0 Å². The summed E-state index contributed by atoms with van der Waals surface area (Å²) in [7, 11) is 1.68. The molecule has 0 aliphatic carbocycles. The lowest BCUT2D eigenvalue weighted by Crippen LogP contribution is -2.31. The van der Waals surface area contributed by atoms with Crippen molar-refractivity contribution >= 4 is 17.5 Å². The Morgan fingerprint density at radius 3 is 2.38 bits per heavy atom. The van der Waals surface area contributed by atoms with Gasteiger partial charge < -0.3 is 4.74 Å². The highest BCUT2D eigenvalue weighted by Crippen LogP contribution is 2.30. The van der Waals surface area contributed by atoms with E-state index in [2.05, 4.69) is 18.2 Å². The van der Waals surface area contributed by atoms with Crippen molar-refractivity contribution in [3.63, 3.8) is 0 Å². The second-order valence-electron chi connectivity index (χ2n) is 6.07. The number of hydrogen-bond donors (Lipinski definition) is 0. The number of thioether (sulfide) groups is 1. The third-order valence-electron chi connectivity index (χ3n) is 3.29. The van der Waals surface area contributed by atoms with E-state index < -0.39 is 0 Å². The molecule has 116 valence electrons. The Kier molecular flexibility index (Phi) is 7.20. The van der Waals surface area contributed by atoms with E-state index >= 15 is 0 Å². The third kappa shape index (κ3) is 6.06. The highest BCUT2D eigenvalue weighted by molar-refractivity contribution is 8.00. The average Bonchev–Trinajstić information content (AvgIpc) is 2.44. The van der Waals surface area contributed by atoms with Crippen molar-refractivity contribution < 1.29 is 9.53 Å². The van der Waals surface area contributed by atoms with Crippen LogP contribution in [-0.4, -0.2) is 24.2 Å². The first-order valence-electron chi connectivity index (χ1n) is 7.29. The molecule has 2 atom stereocenters. The molecular formula is C18H26O2S. The van der Waals surface area contributed by atoms with Crippen LogP contribution >= 0.6 is 11.8 Å². The van der Waals surface area contributed by atoms with E-state index in [9.17, 15) is 4.79 Å². The molecule has 1 rings (SSSR count). The molecule has 0 aliphatic heterocycles. The number of rotatable bonds is 7. The van der Waals surface area contributed by atoms with Crippen LogP contribution in [0.1, 0.15) is 34.1 Å². The summed E-state index contributed by atoms with van der Waals surface area (Å²) in [4.78, 5) is 13.5. The topological polar surface area (TPSA) is 26.3 Å². The normalized spacial score (nSPS) is 15.1. The molecule has 0 saturated heterocycles. The van der Waals surface area contributed by atoms with Gasteiger partial charge in [-0.25, -0.2) is 0 Å². The van der Waals surface area contributed by atoms with Crippen LogP contribution in [0.25, 0.3) is 0 Å². The van der Waals surface area contributed by atoms with Gasteiger partial charge in [0.05, 0.1) is 11.4 Å². The van der Waals surface area contributed by atoms with E-state index in [4.69, 9.17) is 4.74 Å². The molecule has 0 saturated carbocycles. The maximum Gasteiger partial charge on any atom is 0.140 e. The van der Waals surface area contributed by atoms with Gasteiger partial charge in [0.15, 0.2) is 0 Å². The number of benzene rings is 1. The molecule has 0 aliphatic rings. The van der Waals surface area contributed by atoms with Crippen molar-refractivity contribution in [2.24, 2.45) is 5.41 Å². The molecule has 2 nitrogen and oxygen atoms in total. The van der Waals surface area contributed by atoms with Crippen LogP contribution in [0.2, 0.25) is 0 Å². The number of carbonyl (C=O) groups is 1. The Bertz CT molecular complexity index is 460. The molecule has 0 fully saturated rings. The summed E-state index contributed by atoms with van der Waals surface area (Å²) in [5.74, 6) is 0.234. The van der Waals surface area contributed by atoms with Crippen molar-refractivity contribution in [2.45, 2.75) is 50.4 Å². The lowest BCUT2D eigenvalue weighted by Gasteiger charge is -2.26. The standard InChI is InChI=1S/C18H26O2S/c1-6-10-16(21-14-11-8-7-9-12-14)15(20-5)13-17(19)18(2,3)4/h6-12,15-16H,13H2,1-5H3/b10-6+/t15-,16+/m1/s1. The molecule has 0 radical (unpaired) electrons. The van der Waals surface area contributed by atoms with Gasteiger partial charge in [-0.1, -0.05) is 51.1 Å². The van der Waals surface area contributed by atoms with Crippen LogP contribution in [0.5, 0.6) is 0 Å². The third-order valence-corrected chi connectivity index (χ3v) is 4.57. The maximum atomic E-state index is 12.3. The first-order valence-corrected chi connectivity index (χ1v) is 8.17. The smallest absolute Gasteiger partial charge is 0.140 e. The molecule has 0 amide bonds.